The molecule has 0 bridgehead atoms. The van der Waals surface area contributed by atoms with Crippen molar-refractivity contribution in [3.05, 3.63) is 11.1 Å². The molecule has 1 amide bonds. The molecule has 0 aliphatic carbocycles. The number of allylic oxidation sites excluding steroid dienone is 1. The standard InChI is InChI=1S/C10H20N2O/c1-4-6-9(7-5-2)8(3)10(13)12-11/h4-7,11H2,1-3H3,(H,12,13). The predicted molar refractivity (Wildman–Crippen MR) is 54.8 cm³/mol. The van der Waals surface area contributed by atoms with Crippen LogP contribution in [0.1, 0.15) is 46.5 Å². The molecule has 76 valence electrons. The van der Waals surface area contributed by atoms with E-state index in [-0.39, 0.29) is 5.91 Å². The summed E-state index contributed by atoms with van der Waals surface area (Å²) in [7, 11) is 0. The van der Waals surface area contributed by atoms with Crippen LogP contribution in [0, 0.1) is 0 Å². The van der Waals surface area contributed by atoms with Gasteiger partial charge in [0.05, 0.1) is 0 Å². The van der Waals surface area contributed by atoms with E-state index in [1.165, 1.54) is 5.57 Å². The number of carbonyl (C=O) groups is 1. The molecular formula is C10H20N2O. The molecule has 0 atom stereocenters. The van der Waals surface area contributed by atoms with E-state index in [2.05, 4.69) is 19.3 Å². The summed E-state index contributed by atoms with van der Waals surface area (Å²) in [6, 6.07) is 0. The largest absolute Gasteiger partial charge is 0.290 e. The molecule has 0 aliphatic heterocycles. The van der Waals surface area contributed by atoms with E-state index in [1.807, 2.05) is 6.92 Å². The van der Waals surface area contributed by atoms with Crippen LogP contribution in [0.15, 0.2) is 11.1 Å². The fraction of sp³-hybridized carbons (Fsp3) is 0.700. The highest BCUT2D eigenvalue weighted by Gasteiger charge is 2.07. The highest BCUT2D eigenvalue weighted by atomic mass is 16.2. The molecule has 0 rings (SSSR count). The number of hydrogen-bond donors (Lipinski definition) is 2. The third-order valence-electron chi connectivity index (χ3n) is 2.11. The SMILES string of the molecule is CCCC(CCC)=C(C)C(=O)NN. The Balaban J connectivity index is 4.52. The number of nitrogens with one attached hydrogen (secondary N) is 1. The molecule has 0 radical (unpaired) electrons. The summed E-state index contributed by atoms with van der Waals surface area (Å²) in [6.45, 7) is 6.06. The van der Waals surface area contributed by atoms with Gasteiger partial charge in [-0.05, 0) is 19.8 Å². The van der Waals surface area contributed by atoms with Gasteiger partial charge in [0.25, 0.3) is 5.91 Å². The molecule has 0 aromatic heterocycles. The Hall–Kier alpha value is -0.830. The molecule has 0 heterocycles. The van der Waals surface area contributed by atoms with E-state index in [0.29, 0.717) is 0 Å². The maximum atomic E-state index is 11.2. The van der Waals surface area contributed by atoms with Gasteiger partial charge < -0.3 is 0 Å². The summed E-state index contributed by atoms with van der Waals surface area (Å²) < 4.78 is 0. The van der Waals surface area contributed by atoms with Gasteiger partial charge in [0, 0.05) is 5.57 Å². The number of hydrazine groups is 1. The van der Waals surface area contributed by atoms with Gasteiger partial charge in [-0.25, -0.2) is 5.84 Å². The first kappa shape index (κ1) is 12.2. The molecule has 3 nitrogen and oxygen atoms in total. The Labute approximate surface area is 80.4 Å². The summed E-state index contributed by atoms with van der Waals surface area (Å²) in [5.74, 6) is 4.91. The summed E-state index contributed by atoms with van der Waals surface area (Å²) in [5.41, 5.74) is 4.18. The van der Waals surface area contributed by atoms with Gasteiger partial charge >= 0.3 is 0 Å². The van der Waals surface area contributed by atoms with E-state index in [9.17, 15) is 4.79 Å². The Morgan fingerprint density at radius 2 is 1.69 bits per heavy atom. The molecule has 0 fully saturated rings. The van der Waals surface area contributed by atoms with Crippen molar-refractivity contribution in [2.24, 2.45) is 5.84 Å². The van der Waals surface area contributed by atoms with Crippen LogP contribution in [0.4, 0.5) is 0 Å². The molecule has 0 saturated carbocycles. The number of rotatable bonds is 5. The van der Waals surface area contributed by atoms with E-state index in [1.54, 1.807) is 0 Å². The molecule has 0 aliphatic rings. The second-order valence-electron chi connectivity index (χ2n) is 3.20. The third-order valence-corrected chi connectivity index (χ3v) is 2.11. The molecule has 0 aromatic carbocycles. The minimum Gasteiger partial charge on any atom is -0.290 e. The smallest absolute Gasteiger partial charge is 0.260 e. The third kappa shape index (κ3) is 4.08. The first-order valence-electron chi connectivity index (χ1n) is 4.86. The lowest BCUT2D eigenvalue weighted by atomic mass is 10.00. The summed E-state index contributed by atoms with van der Waals surface area (Å²) in [4.78, 5) is 11.2. The maximum Gasteiger partial charge on any atom is 0.260 e. The van der Waals surface area contributed by atoms with Crippen LogP contribution in [0.3, 0.4) is 0 Å². The Morgan fingerprint density at radius 3 is 2.00 bits per heavy atom. The van der Waals surface area contributed by atoms with Gasteiger partial charge in [-0.15, -0.1) is 0 Å². The van der Waals surface area contributed by atoms with Gasteiger partial charge in [0.15, 0.2) is 0 Å². The van der Waals surface area contributed by atoms with Crippen LogP contribution in [0.25, 0.3) is 0 Å². The van der Waals surface area contributed by atoms with Crippen LogP contribution in [0.5, 0.6) is 0 Å². The van der Waals surface area contributed by atoms with E-state index >= 15 is 0 Å². The number of amides is 1. The minimum absolute atomic E-state index is 0.156. The fourth-order valence-electron chi connectivity index (χ4n) is 1.37. The van der Waals surface area contributed by atoms with Gasteiger partial charge in [0.2, 0.25) is 0 Å². The highest BCUT2D eigenvalue weighted by Crippen LogP contribution is 2.16. The van der Waals surface area contributed by atoms with Gasteiger partial charge in [-0.3, -0.25) is 10.2 Å². The Morgan fingerprint density at radius 1 is 1.23 bits per heavy atom. The van der Waals surface area contributed by atoms with Crippen LogP contribution >= 0.6 is 0 Å². The summed E-state index contributed by atoms with van der Waals surface area (Å²) in [6.07, 6.45) is 4.13. The van der Waals surface area contributed by atoms with Crippen molar-refractivity contribution < 1.29 is 4.79 Å². The normalized spacial score (nSPS) is 9.54. The first-order chi connectivity index (χ1) is 6.17. The van der Waals surface area contributed by atoms with Crippen molar-refractivity contribution in [2.75, 3.05) is 0 Å². The van der Waals surface area contributed by atoms with Crippen LogP contribution in [-0.2, 0) is 4.79 Å². The van der Waals surface area contributed by atoms with E-state index in [0.717, 1.165) is 31.3 Å². The van der Waals surface area contributed by atoms with Crippen LogP contribution < -0.4 is 11.3 Å². The second-order valence-corrected chi connectivity index (χ2v) is 3.20. The van der Waals surface area contributed by atoms with Crippen molar-refractivity contribution in [1.82, 2.24) is 5.43 Å². The fourth-order valence-corrected chi connectivity index (χ4v) is 1.37. The van der Waals surface area contributed by atoms with Crippen molar-refractivity contribution >= 4 is 5.91 Å². The Kier molecular flexibility index (Phi) is 6.24. The minimum atomic E-state index is -0.156. The number of hydrogen-bond acceptors (Lipinski definition) is 2. The van der Waals surface area contributed by atoms with Gasteiger partial charge in [-0.1, -0.05) is 32.3 Å². The number of carbonyl (C=O) groups excluding carboxylic acids is 1. The van der Waals surface area contributed by atoms with Gasteiger partial charge in [-0.2, -0.15) is 0 Å². The van der Waals surface area contributed by atoms with Crippen molar-refractivity contribution in [3.63, 3.8) is 0 Å². The zero-order valence-corrected chi connectivity index (χ0v) is 8.81. The Bertz CT molecular complexity index is 189. The second kappa shape index (κ2) is 6.66. The molecule has 0 saturated heterocycles. The van der Waals surface area contributed by atoms with Gasteiger partial charge in [0.1, 0.15) is 0 Å². The van der Waals surface area contributed by atoms with Crippen LogP contribution in [0.2, 0.25) is 0 Å². The molecule has 0 spiro atoms. The lowest BCUT2D eigenvalue weighted by molar-refractivity contribution is -0.117. The topological polar surface area (TPSA) is 55.1 Å². The number of nitrogens with two attached hydrogens (primary N) is 1. The lowest BCUT2D eigenvalue weighted by Gasteiger charge is -2.09. The lowest BCUT2D eigenvalue weighted by Crippen LogP contribution is -2.31. The molecule has 13 heavy (non-hydrogen) atoms. The zero-order valence-electron chi connectivity index (χ0n) is 8.81. The highest BCUT2D eigenvalue weighted by molar-refractivity contribution is 5.93. The maximum absolute atomic E-state index is 11.2. The van der Waals surface area contributed by atoms with Crippen molar-refractivity contribution in [2.45, 2.75) is 46.5 Å². The van der Waals surface area contributed by atoms with E-state index < -0.39 is 0 Å². The average Bonchev–Trinajstić information content (AvgIpc) is 2.15. The molecular weight excluding hydrogens is 164 g/mol. The van der Waals surface area contributed by atoms with E-state index in [4.69, 9.17) is 5.84 Å². The van der Waals surface area contributed by atoms with Crippen LogP contribution in [-0.4, -0.2) is 5.91 Å². The summed E-state index contributed by atoms with van der Waals surface area (Å²) in [5, 5.41) is 0. The van der Waals surface area contributed by atoms with Crippen molar-refractivity contribution in [3.8, 4) is 0 Å². The molecule has 0 aromatic rings. The van der Waals surface area contributed by atoms with Crippen molar-refractivity contribution in [1.29, 1.82) is 0 Å². The zero-order chi connectivity index (χ0) is 10.3. The quantitative estimate of drug-likeness (QED) is 0.297. The first-order valence-corrected chi connectivity index (χ1v) is 4.86. The molecule has 0 unspecified atom stereocenters. The molecule has 3 N–H and O–H groups in total. The molecule has 3 heteroatoms. The summed E-state index contributed by atoms with van der Waals surface area (Å²) >= 11 is 0. The predicted octanol–water partition coefficient (Wildman–Crippen LogP) is 1.89. The average molecular weight is 184 g/mol. The monoisotopic (exact) mass is 184 g/mol.